The first-order valence-corrected chi connectivity index (χ1v) is 21.2. The third kappa shape index (κ3) is 7.82. The Morgan fingerprint density at radius 3 is 2.36 bits per heavy atom. The molecule has 0 saturated carbocycles. The van der Waals surface area contributed by atoms with Crippen molar-refractivity contribution in [2.24, 2.45) is 5.92 Å². The number of pyridine rings is 3. The maximum atomic E-state index is 8.55. The molecular weight excluding hydrogens is 847 g/mol. The number of aromatic nitrogens is 5. The minimum absolute atomic E-state index is 0. The molecule has 271 valence electrons. The van der Waals surface area contributed by atoms with Crippen LogP contribution in [0.1, 0.15) is 56.0 Å². The molecule has 6 nitrogen and oxygen atoms in total. The molecule has 8 rings (SSSR count). The third-order valence-electron chi connectivity index (χ3n) is 8.88. The zero-order valence-electron chi connectivity index (χ0n) is 35.0. The van der Waals surface area contributed by atoms with Gasteiger partial charge in [-0.25, -0.2) is 4.98 Å². The second-order valence-electron chi connectivity index (χ2n) is 14.6. The van der Waals surface area contributed by atoms with Gasteiger partial charge < -0.3 is 14.0 Å². The molecule has 0 amide bonds. The van der Waals surface area contributed by atoms with Crippen LogP contribution in [0.4, 0.5) is 0 Å². The first kappa shape index (κ1) is 32.9. The van der Waals surface area contributed by atoms with Gasteiger partial charge in [-0.1, -0.05) is 88.1 Å². The number of imidazole rings is 1. The van der Waals surface area contributed by atoms with E-state index in [9.17, 15) is 0 Å². The molecule has 5 heterocycles. The maximum absolute atomic E-state index is 8.55. The van der Waals surface area contributed by atoms with Crippen LogP contribution >= 0.6 is 0 Å². The Kier molecular flexibility index (Phi) is 9.73. The fraction of sp³-hybridized carbons (Fsp3) is 0.244. The van der Waals surface area contributed by atoms with Gasteiger partial charge in [-0.15, -0.1) is 54.1 Å². The summed E-state index contributed by atoms with van der Waals surface area (Å²) in [7, 11) is -1.67. The van der Waals surface area contributed by atoms with Crippen LogP contribution in [0.15, 0.2) is 108 Å². The van der Waals surface area contributed by atoms with E-state index in [0.29, 0.717) is 45.3 Å². The van der Waals surface area contributed by atoms with E-state index >= 15 is 0 Å². The summed E-state index contributed by atoms with van der Waals surface area (Å²) in [4.78, 5) is 18.6. The number of aryl methyl sites for hydroxylation is 1. The topological polar surface area (TPSA) is 69.6 Å². The van der Waals surface area contributed by atoms with E-state index < -0.39 is 21.3 Å². The van der Waals surface area contributed by atoms with E-state index in [4.69, 9.17) is 19.9 Å². The molecule has 8 aromatic rings. The van der Waals surface area contributed by atoms with E-state index in [0.717, 1.165) is 44.2 Å². The third-order valence-corrected chi connectivity index (χ3v) is 10.9. The Labute approximate surface area is 332 Å². The van der Waals surface area contributed by atoms with Gasteiger partial charge in [-0.3, -0.25) is 9.97 Å². The Bertz CT molecular complexity index is 2660. The van der Waals surface area contributed by atoms with Crippen molar-refractivity contribution in [1.29, 1.82) is 0 Å². The van der Waals surface area contributed by atoms with Crippen LogP contribution < -0.4 is 5.19 Å². The van der Waals surface area contributed by atoms with E-state index in [1.54, 1.807) is 12.3 Å². The van der Waals surface area contributed by atoms with Gasteiger partial charge in [0, 0.05) is 54.7 Å². The molecule has 0 fully saturated rings. The Morgan fingerprint density at radius 2 is 1.66 bits per heavy atom. The number of benzene rings is 3. The summed E-state index contributed by atoms with van der Waals surface area (Å²) in [6, 6.07) is 35.7. The molecule has 3 aromatic carbocycles. The fourth-order valence-electron chi connectivity index (χ4n) is 6.35. The second kappa shape index (κ2) is 15.7. The minimum atomic E-state index is -1.67. The molecule has 0 saturated heterocycles. The average Bonchev–Trinajstić information content (AvgIpc) is 3.76. The number of hydrogen-bond acceptors (Lipinski definition) is 5. The maximum Gasteiger partial charge on any atom is 0.216 e. The summed E-state index contributed by atoms with van der Waals surface area (Å²) < 4.78 is 41.5. The molecule has 1 radical (unpaired) electrons. The summed E-state index contributed by atoms with van der Waals surface area (Å²) >= 11 is 0. The smallest absolute Gasteiger partial charge is 0.216 e. The van der Waals surface area contributed by atoms with Gasteiger partial charge in [-0.2, -0.15) is 0 Å². The van der Waals surface area contributed by atoms with E-state index in [1.807, 2.05) is 103 Å². The summed E-state index contributed by atoms with van der Waals surface area (Å²) in [6.07, 6.45) is 2.13. The minimum Gasteiger partial charge on any atom is -0.486 e. The molecule has 8 heteroatoms. The summed E-state index contributed by atoms with van der Waals surface area (Å²) in [5.41, 5.74) is 7.91. The van der Waals surface area contributed by atoms with Crippen molar-refractivity contribution in [2.45, 2.75) is 66.5 Å². The van der Waals surface area contributed by atoms with Gasteiger partial charge in [0.1, 0.15) is 0 Å². The first-order chi connectivity index (χ1) is 26.7. The number of furan rings is 1. The quantitative estimate of drug-likeness (QED) is 0.118. The van der Waals surface area contributed by atoms with Gasteiger partial charge >= 0.3 is 0 Å². The Hall–Kier alpha value is -4.75. The molecule has 0 unspecified atom stereocenters. The van der Waals surface area contributed by atoms with Crippen LogP contribution in [0.25, 0.3) is 61.4 Å². The summed E-state index contributed by atoms with van der Waals surface area (Å²) in [5.74, 6) is 0.821. The predicted molar refractivity (Wildman–Crippen MR) is 217 cm³/mol. The molecule has 5 aromatic heterocycles. The van der Waals surface area contributed by atoms with Crippen molar-refractivity contribution >= 4 is 46.4 Å². The van der Waals surface area contributed by atoms with Crippen molar-refractivity contribution < 1.29 is 30.0 Å². The van der Waals surface area contributed by atoms with Crippen LogP contribution in [0, 0.1) is 24.9 Å². The van der Waals surface area contributed by atoms with Crippen molar-refractivity contribution in [3.05, 3.63) is 132 Å². The van der Waals surface area contributed by atoms with Gasteiger partial charge in [0.25, 0.3) is 0 Å². The second-order valence-corrected chi connectivity index (χ2v) is 19.6. The first-order valence-electron chi connectivity index (χ1n) is 19.8. The number of rotatable bonds is 7. The van der Waals surface area contributed by atoms with Gasteiger partial charge in [0.05, 0.1) is 36.2 Å². The average molecular weight is 896 g/mol. The molecular formula is C45H45IrN5OSi-2. The van der Waals surface area contributed by atoms with Gasteiger partial charge in [-0.05, 0) is 66.3 Å². The van der Waals surface area contributed by atoms with Crippen LogP contribution in [-0.4, -0.2) is 32.6 Å². The molecule has 0 atom stereocenters. The van der Waals surface area contributed by atoms with Crippen molar-refractivity contribution in [3.8, 4) is 28.3 Å². The predicted octanol–water partition coefficient (Wildman–Crippen LogP) is 10.9. The van der Waals surface area contributed by atoms with E-state index in [1.165, 1.54) is 0 Å². The van der Waals surface area contributed by atoms with Crippen LogP contribution in [0.5, 0.6) is 0 Å². The van der Waals surface area contributed by atoms with Gasteiger partial charge in [0.2, 0.25) is 5.71 Å². The number of fused-ring (bicyclic) bond motifs is 4. The normalized spacial score (nSPS) is 13.1. The zero-order valence-corrected chi connectivity index (χ0v) is 34.4. The van der Waals surface area contributed by atoms with Gasteiger partial charge in [0.15, 0.2) is 0 Å². The van der Waals surface area contributed by atoms with Crippen molar-refractivity contribution in [2.75, 3.05) is 0 Å². The summed E-state index contributed by atoms with van der Waals surface area (Å²) in [6.45, 7) is 13.5. The molecule has 0 N–H and O–H groups in total. The molecule has 53 heavy (non-hydrogen) atoms. The van der Waals surface area contributed by atoms with Crippen LogP contribution in [0.3, 0.4) is 0 Å². The fourth-order valence-corrected chi connectivity index (χ4v) is 7.76. The number of para-hydroxylation sites is 1. The standard InChI is InChI=1S/C27H21N4O.C18H24NSi.Ir/c1-16(2)22-13-12-20-19-10-7-11-21(25(19)32-27(20)30-22)26-29-23-14-15-28-17(3)24(23)31(26)18-8-5-4-6-9-18;1-14(2)11-16-12-17(15-9-7-6-8-10-15)19-13-18(16)20(3,4)5;/h4-10,12-16H,1-3H3;6-9,12-14H,11H2,1-5H3;/q2*-1;/i3D2;11D2;. The SMILES string of the molecule is [2H]C([2H])(c1cc(-c2[c-]cccc2)ncc1[Si](C)(C)C)C(C)C.[2H]C([2H])c1nccc2nc(-c3[c-]ccc4c3oc3nc(C(C)C)ccc34)n(-c3ccccc3)c12.[Ir]. The van der Waals surface area contributed by atoms with E-state index in [-0.39, 0.29) is 26.0 Å². The number of hydrogen-bond donors (Lipinski definition) is 0. The molecule has 0 spiro atoms. The monoisotopic (exact) mass is 896 g/mol. The van der Waals surface area contributed by atoms with Crippen molar-refractivity contribution in [1.82, 2.24) is 24.5 Å². The molecule has 0 aliphatic carbocycles. The molecule has 0 bridgehead atoms. The van der Waals surface area contributed by atoms with Crippen LogP contribution in [0.2, 0.25) is 19.6 Å². The largest absolute Gasteiger partial charge is 0.486 e. The number of nitrogens with zero attached hydrogens (tertiary/aromatic N) is 5. The zero-order chi connectivity index (χ0) is 39.9. The molecule has 0 aliphatic heterocycles. The Balaban J connectivity index is 0.000000208. The van der Waals surface area contributed by atoms with E-state index in [2.05, 4.69) is 61.7 Å². The summed E-state index contributed by atoms with van der Waals surface area (Å²) in [5, 5.41) is 2.98. The molecule has 0 aliphatic rings. The Morgan fingerprint density at radius 1 is 0.868 bits per heavy atom. The van der Waals surface area contributed by atoms with Crippen LogP contribution in [-0.2, 0) is 26.5 Å². The van der Waals surface area contributed by atoms with Crippen molar-refractivity contribution in [3.63, 3.8) is 0 Å².